The number of aryl methyl sites for hydroxylation is 6. The average Bonchev–Trinajstić information content (AvgIpc) is 3.10. The Labute approximate surface area is 157 Å². The Bertz CT molecular complexity index is 918. The van der Waals surface area contributed by atoms with Crippen LogP contribution in [0.1, 0.15) is 34.2 Å². The monoisotopic (exact) mass is 531 g/mol. The molecule has 0 amide bonds. The summed E-state index contributed by atoms with van der Waals surface area (Å²) in [4.78, 5) is 0. The predicted octanol–water partition coefficient (Wildman–Crippen LogP) is 1.70. The molecule has 3 heterocycles. The molecule has 3 rings (SSSR count). The van der Waals surface area contributed by atoms with Crippen LogP contribution in [-0.2, 0) is 27.0 Å². The molecule has 0 fully saturated rings. The molecule has 139 valence electrons. The Morgan fingerprint density at radius 1 is 0.654 bits per heavy atom. The van der Waals surface area contributed by atoms with E-state index in [4.69, 9.17) is 10.4 Å². The Kier molecular flexibility index (Phi) is 6.16. The molecule has 0 atom stereocenters. The van der Waals surface area contributed by atoms with E-state index in [0.717, 1.165) is 34.2 Å². The first-order chi connectivity index (χ1) is 12.1. The molecule has 0 bridgehead atoms. The van der Waals surface area contributed by atoms with Crippen molar-refractivity contribution in [3.05, 3.63) is 52.4 Å². The van der Waals surface area contributed by atoms with Gasteiger partial charge >= 0.3 is 34.2 Å². The zero-order valence-electron chi connectivity index (χ0n) is 15.6. The van der Waals surface area contributed by atoms with Gasteiger partial charge in [0.2, 0.25) is 0 Å². The molecule has 0 aliphatic rings. The zero-order chi connectivity index (χ0) is 19.6. The molecule has 26 heavy (non-hydrogen) atoms. The summed E-state index contributed by atoms with van der Waals surface area (Å²) in [5.41, 5.74) is 6.23. The molecule has 0 N–H and O–H groups in total. The molecular weight excluding hydrogens is 509 g/mol. The number of hydrogen-bond acceptors (Lipinski definition) is 6. The van der Waals surface area contributed by atoms with Gasteiger partial charge in [-0.25, -0.2) is 0 Å². The van der Waals surface area contributed by atoms with E-state index in [0.29, 0.717) is 0 Å². The van der Waals surface area contributed by atoms with Crippen LogP contribution in [0.5, 0.6) is 0 Å². The summed E-state index contributed by atoms with van der Waals surface area (Å²) >= 11 is -4.21. The van der Waals surface area contributed by atoms with E-state index in [1.165, 1.54) is 0 Å². The molecule has 0 spiro atoms. The summed E-state index contributed by atoms with van der Waals surface area (Å²) in [5.74, 6) is 0. The van der Waals surface area contributed by atoms with Crippen molar-refractivity contribution in [2.45, 2.75) is 41.5 Å². The van der Waals surface area contributed by atoms with E-state index in [1.807, 2.05) is 34.5 Å². The fraction of sp³-hybridized carbons (Fsp3) is 0.400. The minimum absolute atomic E-state index is 0.226. The topological polar surface area (TPSA) is 105 Å². The molecule has 3 aromatic rings. The first-order valence-corrected chi connectivity index (χ1v) is 11.2. The van der Waals surface area contributed by atoms with Gasteiger partial charge in [0.1, 0.15) is 0 Å². The van der Waals surface area contributed by atoms with Crippen LogP contribution < -0.4 is 0 Å². The average molecular weight is 530 g/mol. The van der Waals surface area contributed by atoms with Gasteiger partial charge in [-0.15, -0.1) is 0 Å². The normalized spacial score (nSPS) is 10.4. The van der Waals surface area contributed by atoms with Gasteiger partial charge in [0.05, 0.1) is 17.1 Å². The van der Waals surface area contributed by atoms with E-state index in [-0.39, 0.29) is 7.12 Å². The summed E-state index contributed by atoms with van der Waals surface area (Å²) in [6, 6.07) is 6.22. The van der Waals surface area contributed by atoms with Crippen LogP contribution in [-0.4, -0.2) is 36.2 Å². The van der Waals surface area contributed by atoms with Gasteiger partial charge in [0.15, 0.2) is 0 Å². The van der Waals surface area contributed by atoms with Crippen molar-refractivity contribution < 1.29 is 27.0 Å². The Morgan fingerprint density at radius 2 is 0.885 bits per heavy atom. The first kappa shape index (κ1) is 20.1. The van der Waals surface area contributed by atoms with Crippen LogP contribution in [0.4, 0.5) is 0 Å². The van der Waals surface area contributed by atoms with Gasteiger partial charge in [-0.1, -0.05) is 0 Å². The van der Waals surface area contributed by atoms with Crippen LogP contribution in [0.3, 0.4) is 0 Å². The van der Waals surface area contributed by atoms with Crippen molar-refractivity contribution in [1.82, 2.24) is 29.1 Å². The summed E-state index contributed by atoms with van der Waals surface area (Å²) in [5, 5.41) is 14.0. The molecule has 0 aromatic carbocycles. The Hall–Kier alpha value is -2.24. The van der Waals surface area contributed by atoms with Crippen molar-refractivity contribution >= 4 is 7.12 Å². The number of aromatic nitrogens is 6. The maximum absolute atomic E-state index is 8.60. The molecule has 0 saturated carbocycles. The zero-order valence-corrected chi connectivity index (χ0v) is 18.3. The van der Waals surface area contributed by atoms with Crippen molar-refractivity contribution in [1.29, 1.82) is 0 Å². The predicted molar refractivity (Wildman–Crippen MR) is 89.1 cm³/mol. The van der Waals surface area contributed by atoms with E-state index < -0.39 is 16.6 Å². The Morgan fingerprint density at radius 3 is 1.04 bits per heavy atom. The second kappa shape index (κ2) is 7.97. The van der Waals surface area contributed by atoms with Gasteiger partial charge < -0.3 is 0 Å². The van der Waals surface area contributed by atoms with Crippen molar-refractivity contribution in [2.75, 3.05) is 0 Å². The minimum atomic E-state index is -4.21. The second-order valence-electron chi connectivity index (χ2n) is 6.15. The van der Waals surface area contributed by atoms with Crippen molar-refractivity contribution in [3.63, 3.8) is 0 Å². The van der Waals surface area contributed by atoms with E-state index >= 15 is 0 Å². The second-order valence-corrected chi connectivity index (χ2v) is 7.51. The number of nitrogens with zero attached hydrogens (tertiary/aromatic N) is 6. The molecule has 0 radical (unpaired) electrons. The summed E-state index contributed by atoms with van der Waals surface area (Å²) in [6.07, 6.45) is 0. The maximum atomic E-state index is 8.60. The summed E-state index contributed by atoms with van der Waals surface area (Å²) < 4.78 is 31.7. The molecule has 9 nitrogen and oxygen atoms in total. The molecule has 0 aliphatic carbocycles. The fourth-order valence-corrected chi connectivity index (χ4v) is 2.95. The van der Waals surface area contributed by atoms with Crippen LogP contribution in [0.25, 0.3) is 0 Å². The van der Waals surface area contributed by atoms with Crippen LogP contribution in [0.15, 0.2) is 18.2 Å². The molecular formula is C15H21BN6O3Re. The molecule has 3 aromatic heterocycles. The van der Waals surface area contributed by atoms with Crippen molar-refractivity contribution in [3.8, 4) is 0 Å². The van der Waals surface area contributed by atoms with Gasteiger partial charge in [-0.2, -0.15) is 15.3 Å². The van der Waals surface area contributed by atoms with E-state index in [2.05, 4.69) is 54.3 Å². The van der Waals surface area contributed by atoms with Crippen LogP contribution in [0, 0.1) is 41.5 Å². The third-order valence-corrected chi connectivity index (χ3v) is 3.79. The third-order valence-electron chi connectivity index (χ3n) is 3.79. The number of rotatable bonds is 3. The summed E-state index contributed by atoms with van der Waals surface area (Å²) in [6.45, 7) is 12.2. The van der Waals surface area contributed by atoms with Gasteiger partial charge in [-0.05, 0) is 59.7 Å². The third kappa shape index (κ3) is 4.48. The van der Waals surface area contributed by atoms with Crippen LogP contribution >= 0.6 is 0 Å². The number of hydrogen-bond donors (Lipinski definition) is 0. The Balaban J connectivity index is 0.000000552. The summed E-state index contributed by atoms with van der Waals surface area (Å²) in [7, 11) is -0.226. The van der Waals surface area contributed by atoms with Gasteiger partial charge in [0.25, 0.3) is 0 Å². The van der Waals surface area contributed by atoms with Crippen LogP contribution in [0.2, 0.25) is 0 Å². The van der Waals surface area contributed by atoms with E-state index in [9.17, 15) is 0 Å². The van der Waals surface area contributed by atoms with Gasteiger partial charge in [-0.3, -0.25) is 13.8 Å². The standard InChI is InChI=1S/C15H21BN6.3O.Re/c1-10-7-13(4)20(17-10)16(21-14(5)8-11(2)18-21)22-15(6)9-12(3)19-22;;;;/h7-9H,1-6H3;;;;. The van der Waals surface area contributed by atoms with Crippen molar-refractivity contribution in [2.24, 2.45) is 0 Å². The molecule has 0 saturated heterocycles. The first-order valence-electron chi connectivity index (χ1n) is 7.91. The fourth-order valence-electron chi connectivity index (χ4n) is 2.95. The van der Waals surface area contributed by atoms with Gasteiger partial charge in [0, 0.05) is 17.1 Å². The molecule has 11 heteroatoms. The SMILES string of the molecule is Cc1cc(C)n(B(n2nc(C)cc2C)n2nc(C)cc2C)n1.[O]=[Re](=[O])=[O]. The molecule has 0 unspecified atom stereocenters. The van der Waals surface area contributed by atoms with E-state index in [1.54, 1.807) is 0 Å². The molecule has 0 aliphatic heterocycles. The quantitative estimate of drug-likeness (QED) is 0.478.